The van der Waals surface area contributed by atoms with E-state index in [2.05, 4.69) is 25.3 Å². The number of fused-ring (bicyclic) bond motifs is 2. The van der Waals surface area contributed by atoms with Gasteiger partial charge in [0.2, 0.25) is 5.43 Å². The third-order valence-electron chi connectivity index (χ3n) is 6.57. The van der Waals surface area contributed by atoms with Gasteiger partial charge in [0, 0.05) is 23.3 Å². The molecule has 0 spiro atoms. The zero-order valence-electron chi connectivity index (χ0n) is 21.0. The predicted octanol–water partition coefficient (Wildman–Crippen LogP) is 5.58. The molecule has 0 aliphatic rings. The number of hydrogen-bond acceptors (Lipinski definition) is 8. The van der Waals surface area contributed by atoms with Gasteiger partial charge in [-0.25, -0.2) is 23.7 Å². The van der Waals surface area contributed by atoms with Crippen LogP contribution in [0.1, 0.15) is 29.9 Å². The lowest BCUT2D eigenvalue weighted by Crippen LogP contribution is -2.19. The first-order chi connectivity index (χ1) is 19.3. The zero-order chi connectivity index (χ0) is 28.0. The third kappa shape index (κ3) is 4.23. The van der Waals surface area contributed by atoms with Crippen LogP contribution in [0.5, 0.6) is 0 Å². The van der Waals surface area contributed by atoms with E-state index in [1.165, 1.54) is 36.7 Å². The largest absolute Gasteiger partial charge is 0.458 e. The molecule has 0 fully saturated rings. The number of hydrogen-bond donors (Lipinski definition) is 4. The van der Waals surface area contributed by atoms with E-state index >= 15 is 0 Å². The van der Waals surface area contributed by atoms with E-state index in [-0.39, 0.29) is 50.8 Å². The molecular formula is C29H21F2N7O2. The highest BCUT2D eigenvalue weighted by Gasteiger charge is 2.25. The van der Waals surface area contributed by atoms with E-state index in [0.29, 0.717) is 11.2 Å². The molecule has 0 saturated carbocycles. The van der Waals surface area contributed by atoms with Crippen LogP contribution in [0.4, 0.5) is 20.4 Å². The molecule has 0 radical (unpaired) electrons. The summed E-state index contributed by atoms with van der Waals surface area (Å²) in [6.07, 6.45) is 4.53. The van der Waals surface area contributed by atoms with E-state index in [4.69, 9.17) is 15.6 Å². The minimum atomic E-state index is -0.759. The maximum Gasteiger partial charge on any atom is 0.203 e. The normalized spacial score (nSPS) is 12.1. The number of nitrogen functional groups attached to an aromatic ring is 1. The molecule has 1 atom stereocenters. The number of nitrogens with zero attached hydrogens (tertiary/aromatic N) is 3. The van der Waals surface area contributed by atoms with Gasteiger partial charge in [-0.2, -0.15) is 0 Å². The van der Waals surface area contributed by atoms with Crippen LogP contribution >= 0.6 is 0 Å². The number of halogens is 2. The van der Waals surface area contributed by atoms with Gasteiger partial charge >= 0.3 is 0 Å². The van der Waals surface area contributed by atoms with Gasteiger partial charge in [0.1, 0.15) is 52.0 Å². The number of benzene rings is 2. The van der Waals surface area contributed by atoms with Crippen molar-refractivity contribution < 1.29 is 13.2 Å². The van der Waals surface area contributed by atoms with Crippen LogP contribution in [0, 0.1) is 17.0 Å². The Morgan fingerprint density at radius 3 is 2.75 bits per heavy atom. The first-order valence-electron chi connectivity index (χ1n) is 12.2. The molecule has 4 heterocycles. The van der Waals surface area contributed by atoms with E-state index in [9.17, 15) is 13.6 Å². The highest BCUT2D eigenvalue weighted by molar-refractivity contribution is 6.16. The Labute approximate surface area is 225 Å². The maximum absolute atomic E-state index is 14.7. The first kappa shape index (κ1) is 24.9. The van der Waals surface area contributed by atoms with Gasteiger partial charge in [-0.3, -0.25) is 10.2 Å². The zero-order valence-corrected chi connectivity index (χ0v) is 21.0. The number of pyridine rings is 1. The Morgan fingerprint density at radius 1 is 1.10 bits per heavy atom. The van der Waals surface area contributed by atoms with Gasteiger partial charge in [0.25, 0.3) is 0 Å². The molecule has 0 saturated heterocycles. The molecule has 2 aromatic carbocycles. The van der Waals surface area contributed by atoms with Crippen molar-refractivity contribution in [2.45, 2.75) is 13.0 Å². The van der Waals surface area contributed by atoms with Crippen molar-refractivity contribution in [3.63, 3.8) is 0 Å². The second kappa shape index (κ2) is 9.70. The first-order valence-corrected chi connectivity index (χ1v) is 12.2. The molecular weight excluding hydrogens is 516 g/mol. The number of H-pyrrole nitrogens is 1. The molecule has 11 heteroatoms. The molecule has 1 unspecified atom stereocenters. The average molecular weight is 538 g/mol. The van der Waals surface area contributed by atoms with Crippen molar-refractivity contribution in [3.8, 4) is 11.1 Å². The van der Waals surface area contributed by atoms with E-state index in [0.717, 1.165) is 11.5 Å². The Morgan fingerprint density at radius 2 is 1.93 bits per heavy atom. The summed E-state index contributed by atoms with van der Waals surface area (Å²) in [6, 6.07) is 12.4. The Balaban J connectivity index is 1.47. The molecule has 4 aromatic heterocycles. The number of anilines is 2. The van der Waals surface area contributed by atoms with E-state index < -0.39 is 23.1 Å². The summed E-state index contributed by atoms with van der Waals surface area (Å²) in [5.41, 5.74) is 7.22. The van der Waals surface area contributed by atoms with Crippen molar-refractivity contribution >= 4 is 39.4 Å². The van der Waals surface area contributed by atoms with Crippen molar-refractivity contribution in [2.75, 3.05) is 11.1 Å². The summed E-state index contributed by atoms with van der Waals surface area (Å²) in [5.74, 6) is -0.936. The molecule has 40 heavy (non-hydrogen) atoms. The summed E-state index contributed by atoms with van der Waals surface area (Å²) in [4.78, 5) is 29.3. The Kier molecular flexibility index (Phi) is 6.03. The average Bonchev–Trinajstić information content (AvgIpc) is 3.41. The summed E-state index contributed by atoms with van der Waals surface area (Å²) in [5, 5.41) is 12.6. The fraction of sp³-hybridized carbons (Fsp3) is 0.0690. The van der Waals surface area contributed by atoms with Crippen LogP contribution < -0.4 is 16.5 Å². The molecule has 6 rings (SSSR count). The van der Waals surface area contributed by atoms with Gasteiger partial charge in [-0.15, -0.1) is 0 Å². The van der Waals surface area contributed by atoms with Crippen LogP contribution in [0.3, 0.4) is 0 Å². The highest BCUT2D eigenvalue weighted by atomic mass is 19.1. The highest BCUT2D eigenvalue weighted by Crippen LogP contribution is 2.33. The summed E-state index contributed by atoms with van der Waals surface area (Å²) < 4.78 is 35.0. The number of rotatable bonds is 6. The maximum atomic E-state index is 14.7. The third-order valence-corrected chi connectivity index (χ3v) is 6.57. The van der Waals surface area contributed by atoms with Gasteiger partial charge in [0.05, 0.1) is 22.9 Å². The van der Waals surface area contributed by atoms with Crippen LogP contribution in [0.2, 0.25) is 0 Å². The SMILES string of the molecule is CC(Nc1ncnc(N)c1C(=N)c1cnc2[nH]ccc2c1)c1oc2cccc(F)c2c(=O)c1-c1cccc(F)c1. The van der Waals surface area contributed by atoms with Crippen LogP contribution in [0.15, 0.2) is 82.5 Å². The van der Waals surface area contributed by atoms with Crippen molar-refractivity contribution in [1.29, 1.82) is 5.41 Å². The predicted molar refractivity (Wildman–Crippen MR) is 148 cm³/mol. The summed E-state index contributed by atoms with van der Waals surface area (Å²) >= 11 is 0. The molecule has 0 aliphatic heterocycles. The fourth-order valence-corrected chi connectivity index (χ4v) is 4.68. The number of aromatic nitrogens is 4. The molecule has 5 N–H and O–H groups in total. The quantitative estimate of drug-likeness (QED) is 0.203. The van der Waals surface area contributed by atoms with Gasteiger partial charge < -0.3 is 20.5 Å². The minimum Gasteiger partial charge on any atom is -0.458 e. The van der Waals surface area contributed by atoms with Crippen LogP contribution in [0.25, 0.3) is 33.1 Å². The molecule has 0 amide bonds. The van der Waals surface area contributed by atoms with Gasteiger partial charge in [-0.1, -0.05) is 18.2 Å². The molecule has 198 valence electrons. The summed E-state index contributed by atoms with van der Waals surface area (Å²) in [7, 11) is 0. The molecule has 0 bridgehead atoms. The standard InChI is InChI=1S/C29H21F2N7O2/c1-14(26-21(15-4-2-5-18(30)11-15)25(39)22-19(31)6-3-7-20(22)40-26)38-29-23(27(33)36-13-37-29)24(32)17-10-16-8-9-34-28(16)35-12-17/h2-14,32H,1H3,(H,34,35)(H3,33,36,37,38). The number of aromatic amines is 1. The van der Waals surface area contributed by atoms with Crippen molar-refractivity contribution in [3.05, 3.63) is 112 Å². The second-order valence-electron chi connectivity index (χ2n) is 9.16. The van der Waals surface area contributed by atoms with Crippen molar-refractivity contribution in [1.82, 2.24) is 19.9 Å². The Bertz CT molecular complexity index is 2000. The summed E-state index contributed by atoms with van der Waals surface area (Å²) in [6.45, 7) is 1.70. The van der Waals surface area contributed by atoms with Gasteiger partial charge in [-0.05, 0) is 48.9 Å². The van der Waals surface area contributed by atoms with Crippen molar-refractivity contribution in [2.24, 2.45) is 0 Å². The van der Waals surface area contributed by atoms with Crippen LogP contribution in [-0.4, -0.2) is 25.6 Å². The topological polar surface area (TPSA) is 147 Å². The number of nitrogens with two attached hydrogens (primary N) is 1. The minimum absolute atomic E-state index is 0.00198. The monoisotopic (exact) mass is 537 g/mol. The fourth-order valence-electron chi connectivity index (χ4n) is 4.68. The molecule has 9 nitrogen and oxygen atoms in total. The van der Waals surface area contributed by atoms with E-state index in [1.54, 1.807) is 31.5 Å². The lowest BCUT2D eigenvalue weighted by molar-refractivity contribution is 0.512. The lowest BCUT2D eigenvalue weighted by atomic mass is 9.98. The number of nitrogens with one attached hydrogen (secondary N) is 3. The molecule has 0 aliphatic carbocycles. The molecule has 6 aromatic rings. The van der Waals surface area contributed by atoms with Gasteiger partial charge in [0.15, 0.2) is 0 Å². The lowest BCUT2D eigenvalue weighted by Gasteiger charge is -2.20. The van der Waals surface area contributed by atoms with E-state index in [1.807, 2.05) is 6.07 Å². The second-order valence-corrected chi connectivity index (χ2v) is 9.16. The Hall–Kier alpha value is -5.45. The van der Waals surface area contributed by atoms with Crippen LogP contribution in [-0.2, 0) is 0 Å². The smallest absolute Gasteiger partial charge is 0.203 e.